The Morgan fingerprint density at radius 1 is 1.39 bits per heavy atom. The van der Waals surface area contributed by atoms with Gasteiger partial charge in [0, 0.05) is 16.6 Å². The summed E-state index contributed by atoms with van der Waals surface area (Å²) in [5.74, 6) is -0.118. The summed E-state index contributed by atoms with van der Waals surface area (Å²) in [6.45, 7) is 5.84. The molecule has 7 heteroatoms. The summed E-state index contributed by atoms with van der Waals surface area (Å²) in [5.41, 5.74) is 4.12. The zero-order valence-electron chi connectivity index (χ0n) is 12.7. The molecule has 0 atom stereocenters. The van der Waals surface area contributed by atoms with Gasteiger partial charge in [-0.05, 0) is 47.8 Å². The fraction of sp³-hybridized carbons (Fsp3) is 0.250. The van der Waals surface area contributed by atoms with Crippen LogP contribution in [0.3, 0.4) is 0 Å². The number of aromatic nitrogens is 1. The molecule has 0 saturated heterocycles. The fourth-order valence-corrected chi connectivity index (χ4v) is 4.92. The van der Waals surface area contributed by atoms with Crippen LogP contribution in [0, 0.1) is 6.92 Å². The van der Waals surface area contributed by atoms with Crippen LogP contribution in [0.4, 0.5) is 5.69 Å². The Morgan fingerprint density at radius 2 is 2.13 bits per heavy atom. The van der Waals surface area contributed by atoms with E-state index in [4.69, 9.17) is 0 Å². The van der Waals surface area contributed by atoms with Gasteiger partial charge >= 0.3 is 0 Å². The molecule has 5 nitrogen and oxygen atoms in total. The first-order valence-corrected chi connectivity index (χ1v) is 9.71. The minimum atomic E-state index is -3.06. The highest BCUT2D eigenvalue weighted by Crippen LogP contribution is 2.30. The summed E-state index contributed by atoms with van der Waals surface area (Å²) in [6, 6.07) is 5.37. The van der Waals surface area contributed by atoms with Crippen LogP contribution in [0.25, 0.3) is 0 Å². The normalized spacial score (nSPS) is 15.2. The summed E-state index contributed by atoms with van der Waals surface area (Å²) >= 11 is 1.35. The van der Waals surface area contributed by atoms with Crippen molar-refractivity contribution in [3.05, 3.63) is 58.6 Å². The number of amides is 1. The zero-order valence-corrected chi connectivity index (χ0v) is 14.3. The molecule has 3 rings (SSSR count). The number of aryl methyl sites for hydroxylation is 1. The molecule has 0 aliphatic carbocycles. The largest absolute Gasteiger partial charge is 0.304 e. The van der Waals surface area contributed by atoms with Crippen molar-refractivity contribution in [3.8, 4) is 0 Å². The lowest BCUT2D eigenvalue weighted by Crippen LogP contribution is -2.28. The van der Waals surface area contributed by atoms with Crippen LogP contribution in [0.15, 0.2) is 36.2 Å². The first-order chi connectivity index (χ1) is 10.9. The van der Waals surface area contributed by atoms with Crippen LogP contribution in [0.5, 0.6) is 0 Å². The number of carbonyl (C=O) groups is 1. The van der Waals surface area contributed by atoms with E-state index in [1.54, 1.807) is 23.1 Å². The smallest absolute Gasteiger partial charge is 0.250 e. The van der Waals surface area contributed by atoms with E-state index in [0.717, 1.165) is 22.4 Å². The minimum absolute atomic E-state index is 0.0331. The third kappa shape index (κ3) is 3.20. The Bertz CT molecular complexity index is 884. The lowest BCUT2D eigenvalue weighted by atomic mass is 10.1. The molecule has 0 N–H and O–H groups in total. The summed E-state index contributed by atoms with van der Waals surface area (Å²) in [4.78, 5) is 13.8. The number of hydrogen-bond donors (Lipinski definition) is 0. The molecule has 2 heterocycles. The monoisotopic (exact) mass is 348 g/mol. The van der Waals surface area contributed by atoms with Gasteiger partial charge in [0.2, 0.25) is 0 Å². The SMILES string of the molecule is C=CC(=O)N(Cc1csnc1C)c1ccc2c(c1)CS(=O)(=O)C2. The zero-order chi connectivity index (χ0) is 16.6. The van der Waals surface area contributed by atoms with Gasteiger partial charge in [0.1, 0.15) is 0 Å². The van der Waals surface area contributed by atoms with Gasteiger partial charge in [-0.1, -0.05) is 12.6 Å². The molecular weight excluding hydrogens is 332 g/mol. The molecule has 0 fully saturated rings. The molecule has 120 valence electrons. The molecule has 0 unspecified atom stereocenters. The lowest BCUT2D eigenvalue weighted by molar-refractivity contribution is -0.114. The van der Waals surface area contributed by atoms with Crippen LogP contribution in [0.1, 0.15) is 22.4 Å². The van der Waals surface area contributed by atoms with Crippen molar-refractivity contribution in [3.63, 3.8) is 0 Å². The average Bonchev–Trinajstić information content (AvgIpc) is 3.04. The average molecular weight is 348 g/mol. The molecule has 1 aromatic carbocycles. The lowest BCUT2D eigenvalue weighted by Gasteiger charge is -2.22. The number of rotatable bonds is 4. The number of sulfone groups is 1. The highest BCUT2D eigenvalue weighted by molar-refractivity contribution is 7.90. The number of nitrogens with zero attached hydrogens (tertiary/aromatic N) is 2. The van der Waals surface area contributed by atoms with Crippen LogP contribution < -0.4 is 4.90 Å². The van der Waals surface area contributed by atoms with Gasteiger partial charge in [-0.25, -0.2) is 8.42 Å². The second kappa shape index (κ2) is 5.90. The summed E-state index contributed by atoms with van der Waals surface area (Å²) in [7, 11) is -3.06. The molecule has 23 heavy (non-hydrogen) atoms. The Morgan fingerprint density at radius 3 is 2.78 bits per heavy atom. The van der Waals surface area contributed by atoms with Crippen molar-refractivity contribution in [2.45, 2.75) is 25.0 Å². The molecule has 1 aliphatic heterocycles. The van der Waals surface area contributed by atoms with E-state index in [1.165, 1.54) is 17.6 Å². The summed E-state index contributed by atoms with van der Waals surface area (Å²) in [5, 5.41) is 1.91. The van der Waals surface area contributed by atoms with E-state index >= 15 is 0 Å². The molecule has 1 aliphatic rings. The molecule has 0 spiro atoms. The van der Waals surface area contributed by atoms with E-state index in [-0.39, 0.29) is 17.4 Å². The van der Waals surface area contributed by atoms with Gasteiger partial charge in [-0.15, -0.1) is 0 Å². The predicted molar refractivity (Wildman–Crippen MR) is 91.0 cm³/mol. The number of carbonyl (C=O) groups excluding carboxylic acids is 1. The van der Waals surface area contributed by atoms with Gasteiger partial charge in [0.15, 0.2) is 9.84 Å². The number of hydrogen-bond acceptors (Lipinski definition) is 5. The van der Waals surface area contributed by atoms with Gasteiger partial charge in [0.25, 0.3) is 5.91 Å². The maximum Gasteiger partial charge on any atom is 0.250 e. The van der Waals surface area contributed by atoms with Crippen molar-refractivity contribution >= 4 is 33.0 Å². The topological polar surface area (TPSA) is 67.3 Å². The minimum Gasteiger partial charge on any atom is -0.304 e. The van der Waals surface area contributed by atoms with Crippen LogP contribution in [-0.2, 0) is 32.7 Å². The van der Waals surface area contributed by atoms with E-state index in [0.29, 0.717) is 12.2 Å². The summed E-state index contributed by atoms with van der Waals surface area (Å²) < 4.78 is 27.7. The molecular formula is C16H16N2O3S2. The third-order valence-electron chi connectivity index (χ3n) is 3.87. The molecule has 0 saturated carbocycles. The Balaban J connectivity index is 1.97. The highest BCUT2D eigenvalue weighted by Gasteiger charge is 2.26. The molecule has 1 amide bonds. The Labute approximate surface area is 139 Å². The van der Waals surface area contributed by atoms with Crippen molar-refractivity contribution in [2.24, 2.45) is 0 Å². The maximum absolute atomic E-state index is 12.3. The van der Waals surface area contributed by atoms with Crippen LogP contribution in [-0.4, -0.2) is 18.7 Å². The van der Waals surface area contributed by atoms with E-state index < -0.39 is 9.84 Å². The van der Waals surface area contributed by atoms with Gasteiger partial charge in [-0.3, -0.25) is 4.79 Å². The third-order valence-corrected chi connectivity index (χ3v) is 6.14. The van der Waals surface area contributed by atoms with Crippen LogP contribution >= 0.6 is 11.5 Å². The van der Waals surface area contributed by atoms with E-state index in [9.17, 15) is 13.2 Å². The standard InChI is InChI=1S/C16H16N2O3S2/c1-3-16(19)18(7-14-8-22-17-11(14)2)15-5-4-12-9-23(20,21)10-13(12)6-15/h3-6,8H,1,7,9-10H2,2H3. The predicted octanol–water partition coefficient (Wildman–Crippen LogP) is 2.60. The molecule has 1 aromatic heterocycles. The van der Waals surface area contributed by atoms with E-state index in [1.807, 2.05) is 12.3 Å². The number of anilines is 1. The molecule has 2 aromatic rings. The first-order valence-electron chi connectivity index (χ1n) is 7.05. The Hall–Kier alpha value is -1.99. The van der Waals surface area contributed by atoms with Gasteiger partial charge < -0.3 is 4.90 Å². The fourth-order valence-electron chi connectivity index (χ4n) is 2.62. The quantitative estimate of drug-likeness (QED) is 0.797. The second-order valence-electron chi connectivity index (χ2n) is 5.54. The summed E-state index contributed by atoms with van der Waals surface area (Å²) in [6.07, 6.45) is 1.26. The van der Waals surface area contributed by atoms with Crippen molar-refractivity contribution < 1.29 is 13.2 Å². The second-order valence-corrected chi connectivity index (χ2v) is 8.23. The van der Waals surface area contributed by atoms with Gasteiger partial charge in [-0.2, -0.15) is 4.37 Å². The molecule has 0 radical (unpaired) electrons. The van der Waals surface area contributed by atoms with Crippen LogP contribution in [0.2, 0.25) is 0 Å². The van der Waals surface area contributed by atoms with E-state index in [2.05, 4.69) is 11.0 Å². The van der Waals surface area contributed by atoms with Crippen molar-refractivity contribution in [1.82, 2.24) is 4.37 Å². The number of fused-ring (bicyclic) bond motifs is 1. The Kier molecular flexibility index (Phi) is 4.08. The molecule has 0 bridgehead atoms. The van der Waals surface area contributed by atoms with Crippen molar-refractivity contribution in [1.29, 1.82) is 0 Å². The highest BCUT2D eigenvalue weighted by atomic mass is 32.2. The number of benzene rings is 1. The maximum atomic E-state index is 12.3. The van der Waals surface area contributed by atoms with Gasteiger partial charge in [0.05, 0.1) is 23.7 Å². The van der Waals surface area contributed by atoms with Crippen molar-refractivity contribution in [2.75, 3.05) is 4.90 Å². The first kappa shape index (κ1) is 15.9.